The number of rotatable bonds is 6. The third kappa shape index (κ3) is 3.71. The molecule has 0 atom stereocenters. The number of aromatic nitrogens is 2. The topological polar surface area (TPSA) is 60.1 Å². The summed E-state index contributed by atoms with van der Waals surface area (Å²) in [5.41, 5.74) is 5.11. The summed E-state index contributed by atoms with van der Waals surface area (Å²) in [4.78, 5) is 12.5. The van der Waals surface area contributed by atoms with Crippen LogP contribution in [0, 0.1) is 6.92 Å². The van der Waals surface area contributed by atoms with Gasteiger partial charge in [0.2, 0.25) is 0 Å². The van der Waals surface area contributed by atoms with E-state index in [-0.39, 0.29) is 5.91 Å². The number of hydrogen-bond donors (Lipinski definition) is 1. The molecule has 0 unspecified atom stereocenters. The van der Waals surface area contributed by atoms with Crippen LogP contribution in [0.4, 0.5) is 0 Å². The predicted molar refractivity (Wildman–Crippen MR) is 113 cm³/mol. The van der Waals surface area contributed by atoms with Crippen molar-refractivity contribution in [3.05, 3.63) is 63.7 Å². The van der Waals surface area contributed by atoms with Crippen molar-refractivity contribution in [3.8, 4) is 11.3 Å². The van der Waals surface area contributed by atoms with Crippen LogP contribution >= 0.6 is 23.4 Å². The van der Waals surface area contributed by atoms with Crippen molar-refractivity contribution in [1.29, 1.82) is 0 Å². The average Bonchev–Trinajstić information content (AvgIpc) is 3.24. The summed E-state index contributed by atoms with van der Waals surface area (Å²) in [5.74, 6) is 2.00. The molecule has 1 N–H and O–H groups in total. The minimum Gasteiger partial charge on any atom is -0.455 e. The molecule has 1 aromatic carbocycles. The van der Waals surface area contributed by atoms with E-state index in [1.54, 1.807) is 11.8 Å². The number of furan rings is 1. The van der Waals surface area contributed by atoms with E-state index in [2.05, 4.69) is 11.5 Å². The summed E-state index contributed by atoms with van der Waals surface area (Å²) in [6.07, 6.45) is 5.76. The van der Waals surface area contributed by atoms with Crippen LogP contribution in [0.25, 0.3) is 11.3 Å². The summed E-state index contributed by atoms with van der Waals surface area (Å²) in [5, 5.41) is 8.46. The van der Waals surface area contributed by atoms with Crippen molar-refractivity contribution >= 4 is 29.3 Å². The van der Waals surface area contributed by atoms with Gasteiger partial charge >= 0.3 is 0 Å². The first-order valence-electron chi connectivity index (χ1n) is 9.27. The van der Waals surface area contributed by atoms with Crippen LogP contribution in [0.5, 0.6) is 0 Å². The molecule has 1 aliphatic carbocycles. The lowest BCUT2D eigenvalue weighted by atomic mass is 9.93. The molecule has 7 heteroatoms. The van der Waals surface area contributed by atoms with Crippen LogP contribution < -0.4 is 5.32 Å². The molecule has 0 radical (unpaired) electrons. The molecule has 2 heterocycles. The Morgan fingerprint density at radius 1 is 1.32 bits per heavy atom. The molecule has 1 aliphatic rings. The smallest absolute Gasteiger partial charge is 0.287 e. The first kappa shape index (κ1) is 19.2. The zero-order valence-electron chi connectivity index (χ0n) is 15.9. The quantitative estimate of drug-likeness (QED) is 0.608. The summed E-state index contributed by atoms with van der Waals surface area (Å²) in [7, 11) is 0. The molecular formula is C21H22ClN3O2S. The molecule has 28 heavy (non-hydrogen) atoms. The second-order valence-corrected chi connectivity index (χ2v) is 8.35. The van der Waals surface area contributed by atoms with Crippen molar-refractivity contribution in [2.75, 3.05) is 18.6 Å². The number of carbonyl (C=O) groups is 1. The number of hydrogen-bond acceptors (Lipinski definition) is 4. The molecule has 5 nitrogen and oxygen atoms in total. The number of benzene rings is 1. The maximum Gasteiger partial charge on any atom is 0.287 e. The van der Waals surface area contributed by atoms with E-state index < -0.39 is 0 Å². The first-order chi connectivity index (χ1) is 13.6. The van der Waals surface area contributed by atoms with Gasteiger partial charge in [0.1, 0.15) is 5.76 Å². The number of aryl methyl sites for hydroxylation is 2. The van der Waals surface area contributed by atoms with Crippen LogP contribution in [0.3, 0.4) is 0 Å². The summed E-state index contributed by atoms with van der Waals surface area (Å²) >= 11 is 7.67. The minimum atomic E-state index is -0.150. The Bertz CT molecular complexity index is 1010. The van der Waals surface area contributed by atoms with E-state index in [0.717, 1.165) is 51.8 Å². The van der Waals surface area contributed by atoms with Gasteiger partial charge in [0.05, 0.1) is 12.2 Å². The molecule has 0 fully saturated rings. The fourth-order valence-electron chi connectivity index (χ4n) is 3.58. The highest BCUT2D eigenvalue weighted by molar-refractivity contribution is 7.98. The molecule has 2 aromatic heterocycles. The molecule has 1 amide bonds. The summed E-state index contributed by atoms with van der Waals surface area (Å²) < 4.78 is 7.90. The maximum absolute atomic E-state index is 12.5. The predicted octanol–water partition coefficient (Wildman–Crippen LogP) is 4.34. The van der Waals surface area contributed by atoms with E-state index in [1.165, 1.54) is 5.56 Å². The fourth-order valence-corrected chi connectivity index (χ4v) is 4.02. The van der Waals surface area contributed by atoms with Gasteiger partial charge in [0, 0.05) is 41.1 Å². The van der Waals surface area contributed by atoms with Crippen LogP contribution in [-0.2, 0) is 19.4 Å². The van der Waals surface area contributed by atoms with Crippen LogP contribution in [0.1, 0.15) is 33.0 Å². The summed E-state index contributed by atoms with van der Waals surface area (Å²) in [6.45, 7) is 3.25. The summed E-state index contributed by atoms with van der Waals surface area (Å²) in [6, 6.07) is 7.80. The highest BCUT2D eigenvalue weighted by atomic mass is 35.5. The third-order valence-electron chi connectivity index (χ3n) is 4.97. The molecule has 146 valence electrons. The normalized spacial score (nSPS) is 12.5. The molecule has 0 bridgehead atoms. The van der Waals surface area contributed by atoms with E-state index in [1.807, 2.05) is 42.1 Å². The molecule has 0 saturated heterocycles. The van der Waals surface area contributed by atoms with Crippen molar-refractivity contribution in [2.24, 2.45) is 0 Å². The van der Waals surface area contributed by atoms with Crippen molar-refractivity contribution in [2.45, 2.75) is 26.3 Å². The van der Waals surface area contributed by atoms with Crippen LogP contribution in [0.2, 0.25) is 5.02 Å². The molecule has 0 spiro atoms. The Balaban J connectivity index is 1.61. The lowest BCUT2D eigenvalue weighted by Gasteiger charge is -2.09. The average molecular weight is 416 g/mol. The third-order valence-corrected chi connectivity index (χ3v) is 5.84. The van der Waals surface area contributed by atoms with E-state index >= 15 is 0 Å². The molecular weight excluding hydrogens is 394 g/mol. The second-order valence-electron chi connectivity index (χ2n) is 6.93. The Morgan fingerprint density at radius 3 is 2.86 bits per heavy atom. The van der Waals surface area contributed by atoms with E-state index in [0.29, 0.717) is 18.8 Å². The number of carbonyl (C=O) groups excluding carboxylic acids is 1. The number of thioether (sulfide) groups is 1. The van der Waals surface area contributed by atoms with Crippen LogP contribution in [-0.4, -0.2) is 34.2 Å². The minimum absolute atomic E-state index is 0.150. The lowest BCUT2D eigenvalue weighted by Crippen LogP contribution is -2.25. The van der Waals surface area contributed by atoms with Crippen molar-refractivity contribution < 1.29 is 9.21 Å². The zero-order valence-corrected chi connectivity index (χ0v) is 17.5. The van der Waals surface area contributed by atoms with Gasteiger partial charge < -0.3 is 9.73 Å². The monoisotopic (exact) mass is 415 g/mol. The van der Waals surface area contributed by atoms with Crippen molar-refractivity contribution in [1.82, 2.24) is 15.1 Å². The zero-order chi connectivity index (χ0) is 19.7. The van der Waals surface area contributed by atoms with E-state index in [9.17, 15) is 4.79 Å². The van der Waals surface area contributed by atoms with Gasteiger partial charge in [-0.05, 0) is 42.9 Å². The molecule has 0 saturated carbocycles. The van der Waals surface area contributed by atoms with Crippen LogP contribution in [0.15, 0.2) is 34.9 Å². The second kappa shape index (κ2) is 8.05. The Hall–Kier alpha value is -2.18. The van der Waals surface area contributed by atoms with Gasteiger partial charge in [-0.2, -0.15) is 16.9 Å². The van der Waals surface area contributed by atoms with Gasteiger partial charge in [-0.25, -0.2) is 0 Å². The highest BCUT2D eigenvalue weighted by Gasteiger charge is 2.29. The maximum atomic E-state index is 12.5. The SMILES string of the molecule is CSCCNC(=O)c1oc2c(c1C)-c1nn(Cc3ccc(Cl)cc3)cc1CC2. The molecule has 4 rings (SSSR count). The first-order valence-corrected chi connectivity index (χ1v) is 11.0. The number of halogens is 1. The lowest BCUT2D eigenvalue weighted by molar-refractivity contribution is 0.0926. The Kier molecular flexibility index (Phi) is 5.51. The van der Waals surface area contributed by atoms with Gasteiger partial charge in [-0.3, -0.25) is 9.48 Å². The number of nitrogens with one attached hydrogen (secondary N) is 1. The Morgan fingerprint density at radius 2 is 2.11 bits per heavy atom. The number of amides is 1. The standard InChI is InChI=1S/C21H22ClN3O2S/c1-13-18-17(27-20(13)21(26)23-9-10-28-2)8-5-15-12-25(24-19(15)18)11-14-3-6-16(22)7-4-14/h3-4,6-7,12H,5,8-11H2,1-2H3,(H,23,26). The van der Waals surface area contributed by atoms with Gasteiger partial charge in [0.15, 0.2) is 5.76 Å². The fraction of sp³-hybridized carbons (Fsp3) is 0.333. The van der Waals surface area contributed by atoms with Gasteiger partial charge in [-0.15, -0.1) is 0 Å². The van der Waals surface area contributed by atoms with Gasteiger partial charge in [-0.1, -0.05) is 23.7 Å². The number of fused-ring (bicyclic) bond motifs is 3. The molecule has 3 aromatic rings. The number of nitrogens with zero attached hydrogens (tertiary/aromatic N) is 2. The largest absolute Gasteiger partial charge is 0.455 e. The Labute approximate surface area is 173 Å². The van der Waals surface area contributed by atoms with Crippen molar-refractivity contribution in [3.63, 3.8) is 0 Å². The van der Waals surface area contributed by atoms with E-state index in [4.69, 9.17) is 21.1 Å². The highest BCUT2D eigenvalue weighted by Crippen LogP contribution is 2.38. The molecule has 0 aliphatic heterocycles. The van der Waals surface area contributed by atoms with Gasteiger partial charge in [0.25, 0.3) is 5.91 Å².